The Kier molecular flexibility index (Phi) is 4.84. The molecule has 1 amide bonds. The Morgan fingerprint density at radius 1 is 1.28 bits per heavy atom. The third-order valence-electron chi connectivity index (χ3n) is 5.63. The van der Waals surface area contributed by atoms with Crippen LogP contribution in [0.2, 0.25) is 0 Å². The van der Waals surface area contributed by atoms with Crippen molar-refractivity contribution in [1.82, 2.24) is 14.9 Å². The minimum absolute atomic E-state index is 0.00918. The van der Waals surface area contributed by atoms with Crippen molar-refractivity contribution in [2.45, 2.75) is 57.4 Å². The van der Waals surface area contributed by atoms with Crippen LogP contribution in [0.15, 0.2) is 24.4 Å². The second-order valence-corrected chi connectivity index (χ2v) is 7.73. The zero-order chi connectivity index (χ0) is 20.8. The number of nitrogens with one attached hydrogen (secondary N) is 1. The molecule has 0 spiro atoms. The maximum atomic E-state index is 13.1. The van der Waals surface area contributed by atoms with Gasteiger partial charge in [-0.2, -0.15) is 13.2 Å². The highest BCUT2D eigenvalue weighted by Crippen LogP contribution is 2.33. The smallest absolute Gasteiger partial charge is 0.399 e. The number of nitrogen functional groups attached to an aromatic ring is 1. The Hall–Kier alpha value is -2.84. The van der Waals surface area contributed by atoms with Crippen LogP contribution in [0.3, 0.4) is 0 Å². The summed E-state index contributed by atoms with van der Waals surface area (Å²) < 4.78 is 39.3. The standard InChI is InChI=1S/C20H22F3N5O/c1-11-9-25-19(27-17(11)20(21,22)23)26-14-3-2-4-15(8-14)28-10-12-5-6-13(24)7-16(12)18(28)29/h5-7,9,14-15H,2-4,8,10,24H2,1H3,(H,25,26,27)/t14-,15+/m1/s1. The number of nitrogens with zero attached hydrogens (tertiary/aromatic N) is 3. The summed E-state index contributed by atoms with van der Waals surface area (Å²) >= 11 is 0. The molecule has 29 heavy (non-hydrogen) atoms. The number of hydrogen-bond donors (Lipinski definition) is 2. The van der Waals surface area contributed by atoms with Gasteiger partial charge in [0.25, 0.3) is 5.91 Å². The van der Waals surface area contributed by atoms with Crippen LogP contribution in [-0.2, 0) is 12.7 Å². The molecule has 4 rings (SSSR count). The molecule has 154 valence electrons. The van der Waals surface area contributed by atoms with Gasteiger partial charge in [0.05, 0.1) is 0 Å². The predicted octanol–water partition coefficient (Wildman–Crippen LogP) is 3.77. The number of halogens is 3. The second kappa shape index (κ2) is 7.20. The summed E-state index contributed by atoms with van der Waals surface area (Å²) in [5.41, 5.74) is 7.01. The molecule has 3 N–H and O–H groups in total. The van der Waals surface area contributed by atoms with Crippen molar-refractivity contribution < 1.29 is 18.0 Å². The highest BCUT2D eigenvalue weighted by atomic mass is 19.4. The zero-order valence-corrected chi connectivity index (χ0v) is 16.0. The van der Waals surface area contributed by atoms with Gasteiger partial charge in [0.15, 0.2) is 5.69 Å². The number of benzene rings is 1. The van der Waals surface area contributed by atoms with E-state index in [-0.39, 0.29) is 29.5 Å². The van der Waals surface area contributed by atoms with E-state index in [0.717, 1.165) is 24.8 Å². The minimum atomic E-state index is -4.52. The molecule has 1 aromatic heterocycles. The van der Waals surface area contributed by atoms with E-state index in [1.165, 1.54) is 13.1 Å². The van der Waals surface area contributed by atoms with Crippen molar-refractivity contribution in [3.63, 3.8) is 0 Å². The van der Waals surface area contributed by atoms with Crippen LogP contribution in [0.4, 0.5) is 24.8 Å². The van der Waals surface area contributed by atoms with Crippen molar-refractivity contribution in [3.8, 4) is 0 Å². The highest BCUT2D eigenvalue weighted by molar-refractivity contribution is 5.99. The van der Waals surface area contributed by atoms with Crippen molar-refractivity contribution in [2.75, 3.05) is 11.1 Å². The normalized spacial score (nSPS) is 21.9. The Morgan fingerprint density at radius 3 is 2.83 bits per heavy atom. The van der Waals surface area contributed by atoms with Gasteiger partial charge in [0, 0.05) is 36.1 Å². The van der Waals surface area contributed by atoms with Crippen molar-refractivity contribution >= 4 is 17.5 Å². The maximum Gasteiger partial charge on any atom is 0.433 e. The molecule has 0 saturated heterocycles. The fourth-order valence-corrected chi connectivity index (χ4v) is 4.20. The number of alkyl halides is 3. The van der Waals surface area contributed by atoms with Crippen LogP contribution in [0.5, 0.6) is 0 Å². The zero-order valence-electron chi connectivity index (χ0n) is 16.0. The van der Waals surface area contributed by atoms with Crippen LogP contribution in [-0.4, -0.2) is 32.9 Å². The van der Waals surface area contributed by atoms with Crippen molar-refractivity contribution in [3.05, 3.63) is 46.8 Å². The fraction of sp³-hybridized carbons (Fsp3) is 0.450. The molecule has 2 aliphatic rings. The third kappa shape index (κ3) is 3.86. The molecule has 1 fully saturated rings. The largest absolute Gasteiger partial charge is 0.433 e. The number of hydrogen-bond acceptors (Lipinski definition) is 5. The quantitative estimate of drug-likeness (QED) is 0.760. The van der Waals surface area contributed by atoms with Crippen molar-refractivity contribution in [2.24, 2.45) is 0 Å². The number of carbonyl (C=O) groups excluding carboxylic acids is 1. The van der Waals surface area contributed by atoms with Crippen LogP contribution in [0, 0.1) is 6.92 Å². The number of nitrogens with two attached hydrogens (primary N) is 1. The number of aryl methyl sites for hydroxylation is 1. The van der Waals surface area contributed by atoms with Crippen LogP contribution in [0.25, 0.3) is 0 Å². The topological polar surface area (TPSA) is 84.1 Å². The lowest BCUT2D eigenvalue weighted by atomic mass is 9.90. The molecule has 2 atom stereocenters. The third-order valence-corrected chi connectivity index (χ3v) is 5.63. The van der Waals surface area contributed by atoms with Gasteiger partial charge in [-0.1, -0.05) is 6.07 Å². The first-order chi connectivity index (χ1) is 13.7. The monoisotopic (exact) mass is 405 g/mol. The molecule has 6 nitrogen and oxygen atoms in total. The van der Waals surface area contributed by atoms with E-state index in [2.05, 4.69) is 15.3 Å². The molecule has 1 saturated carbocycles. The number of fused-ring (bicyclic) bond motifs is 1. The molecule has 0 unspecified atom stereocenters. The first-order valence-electron chi connectivity index (χ1n) is 9.59. The van der Waals surface area contributed by atoms with E-state index in [1.54, 1.807) is 12.1 Å². The molecule has 1 aliphatic carbocycles. The summed E-state index contributed by atoms with van der Waals surface area (Å²) in [4.78, 5) is 22.3. The molecule has 1 aliphatic heterocycles. The average molecular weight is 405 g/mol. The Bertz CT molecular complexity index is 946. The summed E-state index contributed by atoms with van der Waals surface area (Å²) in [6.07, 6.45) is -0.193. The van der Waals surface area contributed by atoms with Gasteiger partial charge < -0.3 is 16.0 Å². The van der Waals surface area contributed by atoms with E-state index >= 15 is 0 Å². The molecule has 1 aromatic carbocycles. The summed E-state index contributed by atoms with van der Waals surface area (Å²) in [7, 11) is 0. The number of amides is 1. The first kappa shape index (κ1) is 19.5. The Morgan fingerprint density at radius 2 is 2.07 bits per heavy atom. The molecule has 0 bridgehead atoms. The molecule has 2 aromatic rings. The van der Waals surface area contributed by atoms with Gasteiger partial charge in [0.1, 0.15) is 0 Å². The predicted molar refractivity (Wildman–Crippen MR) is 102 cm³/mol. The lowest BCUT2D eigenvalue weighted by Gasteiger charge is -2.35. The van der Waals surface area contributed by atoms with E-state index in [0.29, 0.717) is 24.2 Å². The SMILES string of the molecule is Cc1cnc(N[C@@H]2CCC[C@H](N3Cc4ccc(N)cc4C3=O)C2)nc1C(F)(F)F. The molecule has 9 heteroatoms. The van der Waals surface area contributed by atoms with Gasteiger partial charge in [0.2, 0.25) is 5.95 Å². The minimum Gasteiger partial charge on any atom is -0.399 e. The molecule has 2 heterocycles. The van der Waals surface area contributed by atoms with E-state index in [4.69, 9.17) is 5.73 Å². The number of aromatic nitrogens is 2. The van der Waals surface area contributed by atoms with Gasteiger partial charge in [-0.15, -0.1) is 0 Å². The summed E-state index contributed by atoms with van der Waals surface area (Å²) in [5, 5.41) is 3.04. The summed E-state index contributed by atoms with van der Waals surface area (Å²) in [6, 6.07) is 5.28. The van der Waals surface area contributed by atoms with E-state index in [1.807, 2.05) is 11.0 Å². The van der Waals surface area contributed by atoms with E-state index in [9.17, 15) is 18.0 Å². The van der Waals surface area contributed by atoms with Crippen molar-refractivity contribution in [1.29, 1.82) is 0 Å². The van der Waals surface area contributed by atoms with Crippen LogP contribution >= 0.6 is 0 Å². The number of rotatable bonds is 3. The fourth-order valence-electron chi connectivity index (χ4n) is 4.20. The Balaban J connectivity index is 1.47. The average Bonchev–Trinajstić information content (AvgIpc) is 2.99. The van der Waals surface area contributed by atoms with Gasteiger partial charge >= 0.3 is 6.18 Å². The summed E-state index contributed by atoms with van der Waals surface area (Å²) in [6.45, 7) is 1.87. The maximum absolute atomic E-state index is 13.1. The van der Waals surface area contributed by atoms with E-state index < -0.39 is 11.9 Å². The number of anilines is 2. The lowest BCUT2D eigenvalue weighted by molar-refractivity contribution is -0.141. The van der Waals surface area contributed by atoms with Crippen LogP contribution < -0.4 is 11.1 Å². The lowest BCUT2D eigenvalue weighted by Crippen LogP contribution is -2.42. The Labute approximate surface area is 166 Å². The highest BCUT2D eigenvalue weighted by Gasteiger charge is 2.37. The number of carbonyl (C=O) groups is 1. The first-order valence-corrected chi connectivity index (χ1v) is 9.59. The van der Waals surface area contributed by atoms with Crippen LogP contribution in [0.1, 0.15) is 52.9 Å². The van der Waals surface area contributed by atoms with Gasteiger partial charge in [-0.3, -0.25) is 4.79 Å². The molecular weight excluding hydrogens is 383 g/mol. The second-order valence-electron chi connectivity index (χ2n) is 7.73. The van der Waals surface area contributed by atoms with Gasteiger partial charge in [-0.25, -0.2) is 9.97 Å². The molecular formula is C20H22F3N5O. The van der Waals surface area contributed by atoms with Gasteiger partial charge in [-0.05, 0) is 55.9 Å². The molecule has 0 radical (unpaired) electrons. The summed E-state index contributed by atoms with van der Waals surface area (Å²) in [5.74, 6) is -0.0683.